The first-order valence-corrected chi connectivity index (χ1v) is 11.1. The molecule has 1 saturated heterocycles. The number of ether oxygens (including phenoxy) is 3. The van der Waals surface area contributed by atoms with Gasteiger partial charge < -0.3 is 19.1 Å². The molecule has 3 aromatic rings. The van der Waals surface area contributed by atoms with Crippen LogP contribution in [0.3, 0.4) is 0 Å². The van der Waals surface area contributed by atoms with E-state index in [0.717, 1.165) is 54.6 Å². The molecule has 2 aliphatic heterocycles. The molecule has 0 spiro atoms. The molecule has 0 amide bonds. The van der Waals surface area contributed by atoms with Crippen LogP contribution in [-0.2, 0) is 11.3 Å². The van der Waals surface area contributed by atoms with Crippen molar-refractivity contribution in [2.24, 2.45) is 0 Å². The van der Waals surface area contributed by atoms with Crippen molar-refractivity contribution in [2.75, 3.05) is 27.0 Å². The zero-order valence-electron chi connectivity index (χ0n) is 18.0. The number of benzene rings is 2. The van der Waals surface area contributed by atoms with Gasteiger partial charge in [-0.3, -0.25) is 0 Å². The second kappa shape index (κ2) is 9.12. The second-order valence-electron chi connectivity index (χ2n) is 8.37. The highest BCUT2D eigenvalue weighted by atomic mass is 16.7. The summed E-state index contributed by atoms with van der Waals surface area (Å²) in [4.78, 5) is 2.36. The average Bonchev–Trinajstić information content (AvgIpc) is 3.45. The Kier molecular flexibility index (Phi) is 5.91. The van der Waals surface area contributed by atoms with Gasteiger partial charge in [0.05, 0.1) is 17.5 Å². The van der Waals surface area contributed by atoms with Crippen LogP contribution in [0.5, 0.6) is 11.5 Å². The fourth-order valence-electron chi connectivity index (χ4n) is 4.29. The van der Waals surface area contributed by atoms with E-state index in [4.69, 9.17) is 19.3 Å². The summed E-state index contributed by atoms with van der Waals surface area (Å²) in [5.74, 6) is 1.57. The highest BCUT2D eigenvalue weighted by Crippen LogP contribution is 2.36. The Morgan fingerprint density at radius 1 is 1.06 bits per heavy atom. The van der Waals surface area contributed by atoms with Crippen molar-refractivity contribution in [3.63, 3.8) is 0 Å². The van der Waals surface area contributed by atoms with Gasteiger partial charge in [0, 0.05) is 37.0 Å². The lowest BCUT2D eigenvalue weighted by Crippen LogP contribution is -2.26. The van der Waals surface area contributed by atoms with E-state index in [1.807, 2.05) is 35.0 Å². The third-order valence-electron chi connectivity index (χ3n) is 6.00. The van der Waals surface area contributed by atoms with Gasteiger partial charge in [0.15, 0.2) is 11.5 Å². The first-order valence-electron chi connectivity index (χ1n) is 11.1. The molecule has 5 rings (SSSR count). The Morgan fingerprint density at radius 3 is 2.77 bits per heavy atom. The number of hydrogen-bond donors (Lipinski definition) is 0. The minimum atomic E-state index is 0.274. The van der Waals surface area contributed by atoms with E-state index in [1.54, 1.807) is 0 Å². The van der Waals surface area contributed by atoms with Gasteiger partial charge in [0.25, 0.3) is 0 Å². The SMILES string of the molecule is CN(CC[C@H]1CCCCO1)Cc1cn(-c2ccccc2)nc1-c1ccc2c(c1)OCO2. The summed E-state index contributed by atoms with van der Waals surface area (Å²) in [5, 5.41) is 4.95. The molecule has 0 unspecified atom stereocenters. The third-order valence-corrected chi connectivity index (χ3v) is 6.00. The zero-order valence-corrected chi connectivity index (χ0v) is 18.0. The van der Waals surface area contributed by atoms with E-state index >= 15 is 0 Å². The van der Waals surface area contributed by atoms with Gasteiger partial charge in [0.1, 0.15) is 0 Å². The number of rotatable bonds is 7. The predicted molar refractivity (Wildman–Crippen MR) is 120 cm³/mol. The van der Waals surface area contributed by atoms with Crippen molar-refractivity contribution in [2.45, 2.75) is 38.3 Å². The maximum atomic E-state index is 5.91. The molecule has 2 aromatic carbocycles. The van der Waals surface area contributed by atoms with Crippen LogP contribution < -0.4 is 9.47 Å². The molecule has 162 valence electrons. The zero-order chi connectivity index (χ0) is 21.0. The minimum absolute atomic E-state index is 0.274. The lowest BCUT2D eigenvalue weighted by atomic mass is 10.1. The first kappa shape index (κ1) is 20.1. The molecule has 0 bridgehead atoms. The summed E-state index contributed by atoms with van der Waals surface area (Å²) >= 11 is 0. The molecule has 3 heterocycles. The molecule has 1 atom stereocenters. The molecule has 6 heteroatoms. The van der Waals surface area contributed by atoms with E-state index < -0.39 is 0 Å². The first-order chi connectivity index (χ1) is 15.3. The number of para-hydroxylation sites is 1. The molecule has 1 aromatic heterocycles. The number of fused-ring (bicyclic) bond motifs is 1. The van der Waals surface area contributed by atoms with Gasteiger partial charge >= 0.3 is 0 Å². The molecular formula is C25H29N3O3. The second-order valence-corrected chi connectivity index (χ2v) is 8.37. The van der Waals surface area contributed by atoms with Crippen LogP contribution in [0.2, 0.25) is 0 Å². The number of aromatic nitrogens is 2. The van der Waals surface area contributed by atoms with Crippen molar-refractivity contribution >= 4 is 0 Å². The maximum absolute atomic E-state index is 5.91. The lowest BCUT2D eigenvalue weighted by molar-refractivity contribution is 0.00641. The summed E-state index contributed by atoms with van der Waals surface area (Å²) < 4.78 is 19.0. The third kappa shape index (κ3) is 4.60. The Labute approximate surface area is 183 Å². The number of hydrogen-bond acceptors (Lipinski definition) is 5. The number of nitrogens with zero attached hydrogens (tertiary/aromatic N) is 3. The van der Waals surface area contributed by atoms with Crippen LogP contribution in [0, 0.1) is 0 Å². The van der Waals surface area contributed by atoms with Crippen LogP contribution in [0.15, 0.2) is 54.7 Å². The van der Waals surface area contributed by atoms with Gasteiger partial charge in [0.2, 0.25) is 6.79 Å². The van der Waals surface area contributed by atoms with Crippen molar-refractivity contribution in [1.82, 2.24) is 14.7 Å². The Balaban J connectivity index is 1.39. The van der Waals surface area contributed by atoms with Gasteiger partial charge in [-0.15, -0.1) is 0 Å². The topological polar surface area (TPSA) is 48.8 Å². The van der Waals surface area contributed by atoms with E-state index in [9.17, 15) is 0 Å². The van der Waals surface area contributed by atoms with Crippen LogP contribution in [0.4, 0.5) is 0 Å². The molecule has 31 heavy (non-hydrogen) atoms. The van der Waals surface area contributed by atoms with E-state index in [0.29, 0.717) is 6.10 Å². The largest absolute Gasteiger partial charge is 0.454 e. The summed E-state index contributed by atoms with van der Waals surface area (Å²) in [6, 6.07) is 16.3. The van der Waals surface area contributed by atoms with Crippen molar-refractivity contribution in [3.8, 4) is 28.4 Å². The summed E-state index contributed by atoms with van der Waals surface area (Å²) in [6.45, 7) is 3.01. The molecule has 0 N–H and O–H groups in total. The lowest BCUT2D eigenvalue weighted by Gasteiger charge is -2.25. The van der Waals surface area contributed by atoms with E-state index in [2.05, 4.69) is 36.3 Å². The van der Waals surface area contributed by atoms with Gasteiger partial charge in [-0.1, -0.05) is 18.2 Å². The van der Waals surface area contributed by atoms with Gasteiger partial charge in [-0.2, -0.15) is 5.10 Å². The molecular weight excluding hydrogens is 390 g/mol. The smallest absolute Gasteiger partial charge is 0.231 e. The quantitative estimate of drug-likeness (QED) is 0.558. The average molecular weight is 420 g/mol. The molecule has 0 saturated carbocycles. The normalized spacial score (nSPS) is 17.9. The minimum Gasteiger partial charge on any atom is -0.454 e. The summed E-state index contributed by atoms with van der Waals surface area (Å²) in [5.41, 5.74) is 4.25. The highest BCUT2D eigenvalue weighted by molar-refractivity contribution is 5.67. The Hall–Kier alpha value is -2.83. The molecule has 6 nitrogen and oxygen atoms in total. The van der Waals surface area contributed by atoms with Crippen LogP contribution in [0.25, 0.3) is 16.9 Å². The fraction of sp³-hybridized carbons (Fsp3) is 0.400. The van der Waals surface area contributed by atoms with Crippen molar-refractivity contribution in [1.29, 1.82) is 0 Å². The van der Waals surface area contributed by atoms with Crippen LogP contribution in [-0.4, -0.2) is 47.8 Å². The summed E-state index contributed by atoms with van der Waals surface area (Å²) in [6.07, 6.45) is 7.28. The van der Waals surface area contributed by atoms with Crippen molar-refractivity contribution < 1.29 is 14.2 Å². The van der Waals surface area contributed by atoms with Crippen LogP contribution in [0.1, 0.15) is 31.2 Å². The molecule has 0 radical (unpaired) electrons. The van der Waals surface area contributed by atoms with Gasteiger partial charge in [-0.05, 0) is 63.1 Å². The fourth-order valence-corrected chi connectivity index (χ4v) is 4.29. The van der Waals surface area contributed by atoms with Gasteiger partial charge in [-0.25, -0.2) is 4.68 Å². The molecule has 1 fully saturated rings. The molecule has 0 aliphatic carbocycles. The van der Waals surface area contributed by atoms with Crippen molar-refractivity contribution in [3.05, 3.63) is 60.3 Å². The van der Waals surface area contributed by atoms with E-state index in [1.165, 1.54) is 24.8 Å². The summed E-state index contributed by atoms with van der Waals surface area (Å²) in [7, 11) is 2.17. The predicted octanol–water partition coefficient (Wildman–Crippen LogP) is 4.66. The van der Waals surface area contributed by atoms with E-state index in [-0.39, 0.29) is 6.79 Å². The standard InChI is InChI=1S/C25H29N3O3/c1-27(13-12-22-9-5-6-14-29-22)16-20-17-28(21-7-3-2-4-8-21)26-25(20)19-10-11-23-24(15-19)31-18-30-23/h2-4,7-8,10-11,15,17,22H,5-6,9,12-14,16,18H2,1H3/t22-/m1/s1. The monoisotopic (exact) mass is 419 g/mol. The Morgan fingerprint density at radius 2 is 1.94 bits per heavy atom. The highest BCUT2D eigenvalue weighted by Gasteiger charge is 2.20. The molecule has 2 aliphatic rings. The maximum Gasteiger partial charge on any atom is 0.231 e. The van der Waals surface area contributed by atoms with Crippen LogP contribution >= 0.6 is 0 Å². The Bertz CT molecular complexity index is 1010.